The molecule has 4 N–H and O–H groups in total. The molecule has 0 spiro atoms. The van der Waals surface area contributed by atoms with Crippen LogP contribution in [0.15, 0.2) is 18.2 Å². The lowest BCUT2D eigenvalue weighted by atomic mass is 9.93. The van der Waals surface area contributed by atoms with E-state index in [1.54, 1.807) is 13.8 Å². The topological polar surface area (TPSA) is 122 Å². The molecule has 7 nitrogen and oxygen atoms in total. The van der Waals surface area contributed by atoms with Crippen LogP contribution in [0.3, 0.4) is 0 Å². The van der Waals surface area contributed by atoms with Crippen LogP contribution in [0.2, 0.25) is 0 Å². The summed E-state index contributed by atoms with van der Waals surface area (Å²) in [6.07, 6.45) is 0. The summed E-state index contributed by atoms with van der Waals surface area (Å²) < 4.78 is 0. The van der Waals surface area contributed by atoms with Gasteiger partial charge in [0.2, 0.25) is 5.91 Å². The van der Waals surface area contributed by atoms with E-state index in [4.69, 9.17) is 10.8 Å². The van der Waals surface area contributed by atoms with Gasteiger partial charge in [-0.25, -0.2) is 9.78 Å². The Morgan fingerprint density at radius 1 is 1.32 bits per heavy atom. The number of carbonyl (C=O) groups is 3. The second kappa shape index (κ2) is 5.47. The van der Waals surface area contributed by atoms with E-state index in [0.717, 1.165) is 0 Å². The van der Waals surface area contributed by atoms with Crippen molar-refractivity contribution in [1.82, 2.24) is 10.3 Å². The molecule has 0 aliphatic carbocycles. The minimum Gasteiger partial charge on any atom is -0.477 e. The highest BCUT2D eigenvalue weighted by Gasteiger charge is 2.25. The summed E-state index contributed by atoms with van der Waals surface area (Å²) in [6, 6.07) is 4.09. The Kier molecular flexibility index (Phi) is 4.21. The van der Waals surface area contributed by atoms with E-state index >= 15 is 0 Å². The number of carbonyl (C=O) groups excluding carboxylic acids is 2. The Labute approximate surface area is 109 Å². The van der Waals surface area contributed by atoms with Crippen LogP contribution in [-0.2, 0) is 4.79 Å². The number of hydrogen-bond donors (Lipinski definition) is 3. The number of nitrogens with one attached hydrogen (secondary N) is 1. The number of pyridine rings is 1. The summed E-state index contributed by atoms with van der Waals surface area (Å²) in [6.45, 7) is 3.23. The molecule has 1 aromatic heterocycles. The summed E-state index contributed by atoms with van der Waals surface area (Å²) in [5.41, 5.74) is 4.04. The highest BCUT2D eigenvalue weighted by atomic mass is 16.4. The molecule has 0 saturated carbocycles. The molecule has 19 heavy (non-hydrogen) atoms. The van der Waals surface area contributed by atoms with Crippen molar-refractivity contribution in [3.63, 3.8) is 0 Å². The maximum absolute atomic E-state index is 11.8. The second-order valence-corrected chi connectivity index (χ2v) is 4.64. The summed E-state index contributed by atoms with van der Waals surface area (Å²) in [7, 11) is 0. The van der Waals surface area contributed by atoms with Gasteiger partial charge < -0.3 is 16.2 Å². The number of aromatic carboxylic acids is 1. The third-order valence-corrected chi connectivity index (χ3v) is 2.56. The van der Waals surface area contributed by atoms with Gasteiger partial charge in [-0.05, 0) is 26.0 Å². The maximum Gasteiger partial charge on any atom is 0.354 e. The number of carboxylic acids is 1. The van der Waals surface area contributed by atoms with Crippen molar-refractivity contribution in [2.75, 3.05) is 6.54 Å². The second-order valence-electron chi connectivity index (χ2n) is 4.64. The van der Waals surface area contributed by atoms with Gasteiger partial charge >= 0.3 is 5.97 Å². The summed E-state index contributed by atoms with van der Waals surface area (Å²) >= 11 is 0. The predicted molar refractivity (Wildman–Crippen MR) is 66.5 cm³/mol. The first kappa shape index (κ1) is 14.6. The Balaban J connectivity index is 2.77. The van der Waals surface area contributed by atoms with Gasteiger partial charge in [0.15, 0.2) is 0 Å². The molecule has 1 aromatic rings. The molecule has 0 unspecified atom stereocenters. The van der Waals surface area contributed by atoms with E-state index < -0.39 is 23.2 Å². The number of nitrogens with two attached hydrogens (primary N) is 1. The number of amides is 2. The van der Waals surface area contributed by atoms with Crippen molar-refractivity contribution in [2.45, 2.75) is 13.8 Å². The smallest absolute Gasteiger partial charge is 0.354 e. The predicted octanol–water partition coefficient (Wildman–Crippen LogP) is 0.0211. The van der Waals surface area contributed by atoms with Gasteiger partial charge in [0.1, 0.15) is 11.4 Å². The number of carboxylic acid groups (broad SMARTS) is 1. The quantitative estimate of drug-likeness (QED) is 0.692. The van der Waals surface area contributed by atoms with Gasteiger partial charge in [-0.1, -0.05) is 6.07 Å². The van der Waals surface area contributed by atoms with Crippen LogP contribution in [0.5, 0.6) is 0 Å². The summed E-state index contributed by atoms with van der Waals surface area (Å²) in [5, 5.41) is 11.3. The van der Waals surface area contributed by atoms with E-state index in [1.807, 2.05) is 0 Å². The van der Waals surface area contributed by atoms with Crippen LogP contribution >= 0.6 is 0 Å². The lowest BCUT2D eigenvalue weighted by molar-refractivity contribution is -0.125. The molecule has 0 aromatic carbocycles. The molecule has 2 amide bonds. The standard InChI is InChI=1S/C12H15N3O4/c1-12(2,11(13)19)6-14-9(16)7-4-3-5-8(15-7)10(17)18/h3-5H,6H2,1-2H3,(H2,13,19)(H,14,16)(H,17,18). The molecule has 0 saturated heterocycles. The molecule has 102 valence electrons. The van der Waals surface area contributed by atoms with Crippen molar-refractivity contribution in [3.05, 3.63) is 29.6 Å². The normalized spacial score (nSPS) is 10.8. The first-order valence-corrected chi connectivity index (χ1v) is 5.52. The van der Waals surface area contributed by atoms with Crippen molar-refractivity contribution in [3.8, 4) is 0 Å². The third kappa shape index (κ3) is 3.77. The fourth-order valence-corrected chi connectivity index (χ4v) is 1.16. The van der Waals surface area contributed by atoms with E-state index in [1.165, 1.54) is 18.2 Å². The number of aromatic nitrogens is 1. The number of nitrogens with zero attached hydrogens (tertiary/aromatic N) is 1. The van der Waals surface area contributed by atoms with Gasteiger partial charge in [-0.15, -0.1) is 0 Å². The molecular weight excluding hydrogens is 250 g/mol. The lowest BCUT2D eigenvalue weighted by Gasteiger charge is -2.20. The minimum atomic E-state index is -1.22. The number of rotatable bonds is 5. The van der Waals surface area contributed by atoms with Crippen LogP contribution in [0.25, 0.3) is 0 Å². The van der Waals surface area contributed by atoms with Gasteiger partial charge in [0.05, 0.1) is 5.41 Å². The third-order valence-electron chi connectivity index (χ3n) is 2.56. The Hall–Kier alpha value is -2.44. The zero-order chi connectivity index (χ0) is 14.6. The Morgan fingerprint density at radius 2 is 1.89 bits per heavy atom. The van der Waals surface area contributed by atoms with E-state index in [0.29, 0.717) is 0 Å². The highest BCUT2D eigenvalue weighted by molar-refractivity contribution is 5.94. The van der Waals surface area contributed by atoms with Gasteiger partial charge in [0, 0.05) is 6.54 Å². The molecule has 0 atom stereocenters. The van der Waals surface area contributed by atoms with Crippen LogP contribution in [0.1, 0.15) is 34.8 Å². The molecule has 0 fully saturated rings. The van der Waals surface area contributed by atoms with Crippen molar-refractivity contribution >= 4 is 17.8 Å². The van der Waals surface area contributed by atoms with Gasteiger partial charge in [-0.3, -0.25) is 9.59 Å². The van der Waals surface area contributed by atoms with E-state index in [2.05, 4.69) is 10.3 Å². The van der Waals surface area contributed by atoms with Crippen LogP contribution in [0.4, 0.5) is 0 Å². The Morgan fingerprint density at radius 3 is 2.42 bits per heavy atom. The average molecular weight is 265 g/mol. The lowest BCUT2D eigenvalue weighted by Crippen LogP contribution is -2.42. The van der Waals surface area contributed by atoms with Crippen molar-refractivity contribution < 1.29 is 19.5 Å². The van der Waals surface area contributed by atoms with Crippen molar-refractivity contribution in [1.29, 1.82) is 0 Å². The summed E-state index contributed by atoms with van der Waals surface area (Å²) in [4.78, 5) is 37.3. The fourth-order valence-electron chi connectivity index (χ4n) is 1.16. The molecule has 0 bridgehead atoms. The average Bonchev–Trinajstić information content (AvgIpc) is 2.36. The molecule has 0 aliphatic rings. The fraction of sp³-hybridized carbons (Fsp3) is 0.333. The number of primary amides is 1. The van der Waals surface area contributed by atoms with E-state index in [-0.39, 0.29) is 17.9 Å². The molecule has 0 radical (unpaired) electrons. The van der Waals surface area contributed by atoms with Crippen molar-refractivity contribution in [2.24, 2.45) is 11.1 Å². The zero-order valence-electron chi connectivity index (χ0n) is 10.6. The monoisotopic (exact) mass is 265 g/mol. The highest BCUT2D eigenvalue weighted by Crippen LogP contribution is 2.12. The molecule has 7 heteroatoms. The molecule has 0 aliphatic heterocycles. The largest absolute Gasteiger partial charge is 0.477 e. The first-order valence-electron chi connectivity index (χ1n) is 5.52. The Bertz CT molecular complexity index is 525. The first-order chi connectivity index (χ1) is 8.74. The van der Waals surface area contributed by atoms with Crippen LogP contribution in [0, 0.1) is 5.41 Å². The molecule has 1 heterocycles. The molecule has 1 rings (SSSR count). The molecular formula is C12H15N3O4. The van der Waals surface area contributed by atoms with Gasteiger partial charge in [-0.2, -0.15) is 0 Å². The SMILES string of the molecule is CC(C)(CNC(=O)c1cccc(C(=O)O)n1)C(N)=O. The maximum atomic E-state index is 11.8. The zero-order valence-corrected chi connectivity index (χ0v) is 10.6. The summed E-state index contributed by atoms with van der Waals surface area (Å²) in [5.74, 6) is -2.32. The van der Waals surface area contributed by atoms with Crippen LogP contribution in [-0.4, -0.2) is 34.4 Å². The van der Waals surface area contributed by atoms with Crippen LogP contribution < -0.4 is 11.1 Å². The number of hydrogen-bond acceptors (Lipinski definition) is 4. The minimum absolute atomic E-state index is 0.0276. The van der Waals surface area contributed by atoms with Gasteiger partial charge in [0.25, 0.3) is 5.91 Å². The van der Waals surface area contributed by atoms with E-state index in [9.17, 15) is 14.4 Å².